The van der Waals surface area contributed by atoms with Crippen LogP contribution in [0, 0.1) is 5.92 Å². The topological polar surface area (TPSA) is 77.1 Å². The van der Waals surface area contributed by atoms with E-state index in [2.05, 4.69) is 5.32 Å². The van der Waals surface area contributed by atoms with Crippen molar-refractivity contribution in [3.8, 4) is 17.2 Å². The van der Waals surface area contributed by atoms with Crippen LogP contribution in [0.15, 0.2) is 36.4 Å². The van der Waals surface area contributed by atoms with Crippen molar-refractivity contribution < 1.29 is 23.8 Å². The van der Waals surface area contributed by atoms with E-state index in [0.717, 1.165) is 17.7 Å². The molecule has 4 rings (SSSR count). The number of fused-ring (bicyclic) bond motifs is 1. The zero-order chi connectivity index (χ0) is 21.3. The van der Waals surface area contributed by atoms with Crippen LogP contribution in [-0.2, 0) is 16.0 Å². The second-order valence-electron chi connectivity index (χ2n) is 7.59. The minimum atomic E-state index is -0.468. The molecule has 0 bridgehead atoms. The van der Waals surface area contributed by atoms with Gasteiger partial charge < -0.3 is 24.4 Å². The number of ether oxygens (including phenoxy) is 3. The zero-order valence-electron chi connectivity index (χ0n) is 17.4. The molecule has 0 spiro atoms. The number of nitrogens with zero attached hydrogens (tertiary/aromatic N) is 1. The largest absolute Gasteiger partial charge is 0.495 e. The van der Waals surface area contributed by atoms with E-state index in [-0.39, 0.29) is 24.3 Å². The van der Waals surface area contributed by atoms with Gasteiger partial charge in [0.15, 0.2) is 0 Å². The van der Waals surface area contributed by atoms with Gasteiger partial charge in [0, 0.05) is 31.0 Å². The van der Waals surface area contributed by atoms with Gasteiger partial charge in [-0.3, -0.25) is 9.59 Å². The van der Waals surface area contributed by atoms with Crippen LogP contribution in [0.5, 0.6) is 17.2 Å². The summed E-state index contributed by atoms with van der Waals surface area (Å²) >= 11 is 0. The molecule has 7 heteroatoms. The molecule has 2 atom stereocenters. The van der Waals surface area contributed by atoms with Gasteiger partial charge in [0.2, 0.25) is 11.8 Å². The van der Waals surface area contributed by atoms with Crippen molar-refractivity contribution in [1.82, 2.24) is 0 Å². The van der Waals surface area contributed by atoms with Gasteiger partial charge in [0.05, 0.1) is 31.0 Å². The van der Waals surface area contributed by atoms with Crippen molar-refractivity contribution in [2.75, 3.05) is 30.5 Å². The van der Waals surface area contributed by atoms with E-state index in [9.17, 15) is 9.59 Å². The number of hydrogen-bond acceptors (Lipinski definition) is 5. The number of carbonyl (C=O) groups is 2. The number of rotatable bonds is 6. The molecule has 1 fully saturated rings. The Hall–Kier alpha value is -3.22. The first-order valence-corrected chi connectivity index (χ1v) is 10.2. The molecule has 2 unspecified atom stereocenters. The molecule has 2 heterocycles. The highest BCUT2D eigenvalue weighted by atomic mass is 16.5. The number of amides is 2. The van der Waals surface area contributed by atoms with Crippen molar-refractivity contribution in [2.24, 2.45) is 5.92 Å². The number of para-hydroxylation sites is 2. The van der Waals surface area contributed by atoms with Crippen molar-refractivity contribution in [3.05, 3.63) is 42.0 Å². The fourth-order valence-electron chi connectivity index (χ4n) is 4.02. The third kappa shape index (κ3) is 3.79. The van der Waals surface area contributed by atoms with Crippen LogP contribution in [0.1, 0.15) is 25.8 Å². The van der Waals surface area contributed by atoms with E-state index in [4.69, 9.17) is 14.2 Å². The summed E-state index contributed by atoms with van der Waals surface area (Å²) in [5.74, 6) is 1.21. The smallest absolute Gasteiger partial charge is 0.229 e. The number of hydrogen-bond donors (Lipinski definition) is 1. The fourth-order valence-corrected chi connectivity index (χ4v) is 4.02. The Balaban J connectivity index is 1.52. The van der Waals surface area contributed by atoms with Crippen LogP contribution in [0.3, 0.4) is 0 Å². The molecule has 0 saturated carbocycles. The van der Waals surface area contributed by atoms with E-state index >= 15 is 0 Å². The number of nitrogens with one attached hydrogen (secondary N) is 1. The molecule has 2 aromatic rings. The summed E-state index contributed by atoms with van der Waals surface area (Å²) in [5.41, 5.74) is 2.32. The Kier molecular flexibility index (Phi) is 5.53. The van der Waals surface area contributed by atoms with Gasteiger partial charge in [-0.2, -0.15) is 0 Å². The molecule has 2 aliphatic rings. The average Bonchev–Trinajstić information content (AvgIpc) is 3.29. The van der Waals surface area contributed by atoms with Gasteiger partial charge >= 0.3 is 0 Å². The molecule has 158 valence electrons. The normalized spacial score (nSPS) is 20.0. The molecule has 30 heavy (non-hydrogen) atoms. The first kappa shape index (κ1) is 20.1. The van der Waals surface area contributed by atoms with Crippen LogP contribution in [0.25, 0.3) is 0 Å². The van der Waals surface area contributed by atoms with Crippen LogP contribution in [0.2, 0.25) is 0 Å². The predicted octanol–water partition coefficient (Wildman–Crippen LogP) is 3.41. The number of methoxy groups -OCH3 is 1. The highest BCUT2D eigenvalue weighted by molar-refractivity contribution is 6.04. The first-order valence-electron chi connectivity index (χ1n) is 10.2. The fraction of sp³-hybridized carbons (Fsp3) is 0.391. The Morgan fingerprint density at radius 3 is 2.80 bits per heavy atom. The van der Waals surface area contributed by atoms with Crippen LogP contribution >= 0.6 is 0 Å². The quantitative estimate of drug-likeness (QED) is 0.790. The molecule has 0 aliphatic carbocycles. The van der Waals surface area contributed by atoms with Crippen molar-refractivity contribution in [2.45, 2.75) is 32.8 Å². The highest BCUT2D eigenvalue weighted by Crippen LogP contribution is 2.39. The number of benzene rings is 2. The molecule has 1 N–H and O–H groups in total. The Bertz CT molecular complexity index is 974. The lowest BCUT2D eigenvalue weighted by atomic mass is 10.1. The maximum Gasteiger partial charge on any atom is 0.229 e. The van der Waals surface area contributed by atoms with Gasteiger partial charge in [0.25, 0.3) is 0 Å². The van der Waals surface area contributed by atoms with Gasteiger partial charge in [-0.05, 0) is 32.0 Å². The zero-order valence-corrected chi connectivity index (χ0v) is 17.4. The molecule has 1 saturated heterocycles. The molecule has 2 amide bonds. The van der Waals surface area contributed by atoms with E-state index in [1.807, 2.05) is 44.2 Å². The third-order valence-electron chi connectivity index (χ3n) is 5.43. The Morgan fingerprint density at radius 1 is 1.23 bits per heavy atom. The minimum Gasteiger partial charge on any atom is -0.495 e. The molecule has 2 aliphatic heterocycles. The summed E-state index contributed by atoms with van der Waals surface area (Å²) in [4.78, 5) is 27.2. The van der Waals surface area contributed by atoms with E-state index in [1.54, 1.807) is 18.1 Å². The standard InChI is InChI=1S/C23H26N2O5/c1-4-29-21-10-15-9-14(2)30-20(15)12-17(21)24-23(27)16-11-22(26)25(13-16)18-7-5-6-8-19(18)28-3/h5-8,10,12,14,16H,4,9,11,13H2,1-3H3,(H,24,27). The third-order valence-corrected chi connectivity index (χ3v) is 5.43. The molecule has 0 aromatic heterocycles. The number of carbonyl (C=O) groups excluding carboxylic acids is 2. The molecule has 7 nitrogen and oxygen atoms in total. The average molecular weight is 410 g/mol. The van der Waals surface area contributed by atoms with E-state index in [0.29, 0.717) is 36.0 Å². The lowest BCUT2D eigenvalue weighted by Gasteiger charge is -2.19. The van der Waals surface area contributed by atoms with Gasteiger partial charge in [0.1, 0.15) is 23.4 Å². The monoisotopic (exact) mass is 410 g/mol. The van der Waals surface area contributed by atoms with Crippen molar-refractivity contribution in [3.63, 3.8) is 0 Å². The maximum absolute atomic E-state index is 13.0. The minimum absolute atomic E-state index is 0.0993. The summed E-state index contributed by atoms with van der Waals surface area (Å²) in [6, 6.07) is 11.1. The predicted molar refractivity (Wildman–Crippen MR) is 113 cm³/mol. The van der Waals surface area contributed by atoms with Gasteiger partial charge in [-0.25, -0.2) is 0 Å². The second-order valence-corrected chi connectivity index (χ2v) is 7.59. The SMILES string of the molecule is CCOc1cc2c(cc1NC(=O)C1CC(=O)N(c3ccccc3OC)C1)OC(C)C2. The van der Waals surface area contributed by atoms with Gasteiger partial charge in [-0.1, -0.05) is 12.1 Å². The second kappa shape index (κ2) is 8.26. The van der Waals surface area contributed by atoms with Crippen LogP contribution < -0.4 is 24.4 Å². The molecular weight excluding hydrogens is 384 g/mol. The van der Waals surface area contributed by atoms with Gasteiger partial charge in [-0.15, -0.1) is 0 Å². The Labute approximate surface area is 175 Å². The van der Waals surface area contributed by atoms with Crippen LogP contribution in [0.4, 0.5) is 11.4 Å². The summed E-state index contributed by atoms with van der Waals surface area (Å²) in [6.07, 6.45) is 1.06. The highest BCUT2D eigenvalue weighted by Gasteiger charge is 2.36. The maximum atomic E-state index is 13.0. The molecular formula is C23H26N2O5. The van der Waals surface area contributed by atoms with Crippen LogP contribution in [-0.4, -0.2) is 38.2 Å². The molecule has 2 aromatic carbocycles. The summed E-state index contributed by atoms with van der Waals surface area (Å²) in [5, 5.41) is 2.95. The Morgan fingerprint density at radius 2 is 2.03 bits per heavy atom. The lowest BCUT2D eigenvalue weighted by Crippen LogP contribution is -2.28. The number of anilines is 2. The first-order chi connectivity index (χ1) is 14.5. The summed E-state index contributed by atoms with van der Waals surface area (Å²) in [7, 11) is 1.57. The lowest BCUT2D eigenvalue weighted by molar-refractivity contribution is -0.122. The molecule has 0 radical (unpaired) electrons. The van der Waals surface area contributed by atoms with Crippen molar-refractivity contribution in [1.29, 1.82) is 0 Å². The van der Waals surface area contributed by atoms with Crippen molar-refractivity contribution >= 4 is 23.2 Å². The summed E-state index contributed by atoms with van der Waals surface area (Å²) < 4.78 is 16.9. The van der Waals surface area contributed by atoms with E-state index < -0.39 is 5.92 Å². The van der Waals surface area contributed by atoms with E-state index in [1.165, 1.54) is 0 Å². The summed E-state index contributed by atoms with van der Waals surface area (Å²) in [6.45, 7) is 4.70.